The fraction of sp³-hybridized carbons (Fsp3) is 1.00. The molecule has 0 radical (unpaired) electrons. The molecular formula is C4H8F2O2. The van der Waals surface area contributed by atoms with Gasteiger partial charge in [0, 0.05) is 6.61 Å². The predicted molar refractivity (Wildman–Crippen MR) is 23.6 cm³/mol. The summed E-state index contributed by atoms with van der Waals surface area (Å²) in [4.78, 5) is 0. The zero-order valence-corrected chi connectivity index (χ0v) is 4.47. The lowest BCUT2D eigenvalue weighted by atomic mass is 10.7. The van der Waals surface area contributed by atoms with Crippen LogP contribution >= 0.6 is 0 Å². The number of aliphatic hydroxyl groups is 1. The number of hydrogen-bond donors (Lipinski definition) is 1. The molecule has 0 saturated carbocycles. The van der Waals surface area contributed by atoms with Crippen molar-refractivity contribution in [3.8, 4) is 0 Å². The Morgan fingerprint density at radius 3 is 2.25 bits per heavy atom. The van der Waals surface area contributed by atoms with Crippen LogP contribution in [0.2, 0.25) is 0 Å². The molecule has 1 unspecified atom stereocenters. The highest BCUT2D eigenvalue weighted by Crippen LogP contribution is 2.00. The summed E-state index contributed by atoms with van der Waals surface area (Å²) in [5.74, 6) is 0. The van der Waals surface area contributed by atoms with Gasteiger partial charge in [0.1, 0.15) is 0 Å². The van der Waals surface area contributed by atoms with E-state index < -0.39 is 12.7 Å². The van der Waals surface area contributed by atoms with E-state index in [-0.39, 0.29) is 6.61 Å². The van der Waals surface area contributed by atoms with Crippen LogP contribution in [0.4, 0.5) is 8.78 Å². The monoisotopic (exact) mass is 126 g/mol. The van der Waals surface area contributed by atoms with Crippen molar-refractivity contribution < 1.29 is 18.6 Å². The van der Waals surface area contributed by atoms with Gasteiger partial charge >= 0.3 is 0 Å². The van der Waals surface area contributed by atoms with Crippen molar-refractivity contribution in [1.29, 1.82) is 0 Å². The number of aliphatic hydroxyl groups excluding tert-OH is 1. The quantitative estimate of drug-likeness (QED) is 0.561. The summed E-state index contributed by atoms with van der Waals surface area (Å²) in [5, 5.41) is 8.15. The molecule has 0 aromatic rings. The van der Waals surface area contributed by atoms with Crippen molar-refractivity contribution in [2.75, 3.05) is 6.61 Å². The summed E-state index contributed by atoms with van der Waals surface area (Å²) < 4.78 is 26.6. The van der Waals surface area contributed by atoms with Gasteiger partial charge in [-0.3, -0.25) is 0 Å². The van der Waals surface area contributed by atoms with E-state index in [1.54, 1.807) is 0 Å². The smallest absolute Gasteiger partial charge is 0.288 e. The summed E-state index contributed by atoms with van der Waals surface area (Å²) in [6.07, 6.45) is -4.71. The Morgan fingerprint density at radius 2 is 2.12 bits per heavy atom. The molecule has 0 bridgehead atoms. The summed E-state index contributed by atoms with van der Waals surface area (Å²) in [6.45, 7) is 1.64. The Morgan fingerprint density at radius 1 is 1.62 bits per heavy atom. The van der Waals surface area contributed by atoms with Crippen LogP contribution in [0.3, 0.4) is 0 Å². The third kappa shape index (κ3) is 2.87. The highest BCUT2D eigenvalue weighted by Gasteiger charge is 2.15. The summed E-state index contributed by atoms with van der Waals surface area (Å²) in [6, 6.07) is 0. The SMILES string of the molecule is CCOC(O)C(F)F. The molecule has 8 heavy (non-hydrogen) atoms. The third-order valence-corrected chi connectivity index (χ3v) is 0.553. The second kappa shape index (κ2) is 3.74. The molecule has 50 valence electrons. The maximum atomic E-state index is 11.2. The molecule has 0 aliphatic heterocycles. The average Bonchev–Trinajstić information content (AvgIpc) is 1.67. The molecule has 0 heterocycles. The van der Waals surface area contributed by atoms with Crippen molar-refractivity contribution in [3.63, 3.8) is 0 Å². The standard InChI is InChI=1S/C4H8F2O2/c1-2-8-4(7)3(5)6/h3-4,7H,2H2,1H3. The lowest BCUT2D eigenvalue weighted by Crippen LogP contribution is -2.20. The minimum atomic E-state index is -2.80. The van der Waals surface area contributed by atoms with Crippen LogP contribution in [-0.4, -0.2) is 24.4 Å². The van der Waals surface area contributed by atoms with Gasteiger partial charge in [-0.2, -0.15) is 0 Å². The first-order chi connectivity index (χ1) is 3.68. The summed E-state index contributed by atoms with van der Waals surface area (Å²) in [7, 11) is 0. The van der Waals surface area contributed by atoms with Gasteiger partial charge in [0.25, 0.3) is 6.43 Å². The molecular weight excluding hydrogens is 118 g/mol. The Bertz CT molecular complexity index is 58.0. The Hall–Kier alpha value is -0.220. The third-order valence-electron chi connectivity index (χ3n) is 0.553. The Labute approximate surface area is 46.1 Å². The maximum Gasteiger partial charge on any atom is 0.288 e. The van der Waals surface area contributed by atoms with E-state index in [1.165, 1.54) is 6.92 Å². The van der Waals surface area contributed by atoms with E-state index in [0.29, 0.717) is 0 Å². The van der Waals surface area contributed by atoms with Crippen molar-refractivity contribution in [1.82, 2.24) is 0 Å². The van der Waals surface area contributed by atoms with Crippen LogP contribution in [0.15, 0.2) is 0 Å². The molecule has 0 aliphatic carbocycles. The van der Waals surface area contributed by atoms with Gasteiger partial charge in [0.2, 0.25) is 6.29 Å². The minimum Gasteiger partial charge on any atom is -0.363 e. The molecule has 1 atom stereocenters. The molecule has 0 saturated heterocycles. The molecule has 1 N–H and O–H groups in total. The lowest BCUT2D eigenvalue weighted by molar-refractivity contribution is -0.172. The number of alkyl halides is 2. The molecule has 0 aromatic heterocycles. The number of hydrogen-bond acceptors (Lipinski definition) is 2. The highest BCUT2D eigenvalue weighted by atomic mass is 19.3. The van der Waals surface area contributed by atoms with Crippen LogP contribution in [-0.2, 0) is 4.74 Å². The number of ether oxygens (including phenoxy) is 1. The van der Waals surface area contributed by atoms with Crippen LogP contribution in [0, 0.1) is 0 Å². The minimum absolute atomic E-state index is 0.103. The first-order valence-electron chi connectivity index (χ1n) is 2.26. The van der Waals surface area contributed by atoms with Gasteiger partial charge in [-0.25, -0.2) is 8.78 Å². The Balaban J connectivity index is 3.17. The number of rotatable bonds is 3. The maximum absolute atomic E-state index is 11.2. The number of halogens is 2. The van der Waals surface area contributed by atoms with Gasteiger partial charge in [0.15, 0.2) is 0 Å². The van der Waals surface area contributed by atoms with Crippen molar-refractivity contribution in [2.45, 2.75) is 19.6 Å². The molecule has 2 nitrogen and oxygen atoms in total. The zero-order valence-electron chi connectivity index (χ0n) is 4.47. The van der Waals surface area contributed by atoms with E-state index in [9.17, 15) is 8.78 Å². The Kier molecular flexibility index (Phi) is 3.64. The topological polar surface area (TPSA) is 29.5 Å². The summed E-state index contributed by atoms with van der Waals surface area (Å²) in [5.41, 5.74) is 0. The van der Waals surface area contributed by atoms with Gasteiger partial charge < -0.3 is 9.84 Å². The van der Waals surface area contributed by atoms with Crippen LogP contribution in [0.1, 0.15) is 6.92 Å². The van der Waals surface area contributed by atoms with Crippen LogP contribution < -0.4 is 0 Å². The first-order valence-corrected chi connectivity index (χ1v) is 2.26. The summed E-state index contributed by atoms with van der Waals surface area (Å²) >= 11 is 0. The first kappa shape index (κ1) is 7.78. The van der Waals surface area contributed by atoms with Gasteiger partial charge in [-0.15, -0.1) is 0 Å². The van der Waals surface area contributed by atoms with Gasteiger partial charge in [-0.1, -0.05) is 0 Å². The van der Waals surface area contributed by atoms with Crippen molar-refractivity contribution in [3.05, 3.63) is 0 Å². The van der Waals surface area contributed by atoms with Crippen LogP contribution in [0.5, 0.6) is 0 Å². The second-order valence-electron chi connectivity index (χ2n) is 1.18. The molecule has 0 fully saturated rings. The lowest BCUT2D eigenvalue weighted by Gasteiger charge is -2.06. The zero-order chi connectivity index (χ0) is 6.57. The van der Waals surface area contributed by atoms with Crippen molar-refractivity contribution in [2.24, 2.45) is 0 Å². The molecule has 0 aliphatic rings. The van der Waals surface area contributed by atoms with Crippen molar-refractivity contribution >= 4 is 0 Å². The normalized spacial score (nSPS) is 14.6. The van der Waals surface area contributed by atoms with E-state index in [0.717, 1.165) is 0 Å². The van der Waals surface area contributed by atoms with E-state index in [4.69, 9.17) is 5.11 Å². The second-order valence-corrected chi connectivity index (χ2v) is 1.18. The van der Waals surface area contributed by atoms with E-state index >= 15 is 0 Å². The largest absolute Gasteiger partial charge is 0.363 e. The molecule has 0 amide bonds. The fourth-order valence-corrected chi connectivity index (χ4v) is 0.243. The molecule has 4 heteroatoms. The van der Waals surface area contributed by atoms with E-state index in [2.05, 4.69) is 4.74 Å². The molecule has 0 aromatic carbocycles. The molecule has 0 rings (SSSR count). The highest BCUT2D eigenvalue weighted by molar-refractivity contribution is 4.39. The van der Waals surface area contributed by atoms with Gasteiger partial charge in [-0.05, 0) is 6.92 Å². The van der Waals surface area contributed by atoms with E-state index in [1.807, 2.05) is 0 Å². The molecule has 0 spiro atoms. The van der Waals surface area contributed by atoms with Gasteiger partial charge in [0.05, 0.1) is 0 Å². The fourth-order valence-electron chi connectivity index (χ4n) is 0.243. The predicted octanol–water partition coefficient (Wildman–Crippen LogP) is 0.606. The average molecular weight is 126 g/mol. The van der Waals surface area contributed by atoms with Crippen LogP contribution in [0.25, 0.3) is 0 Å².